The molecule has 4 rings (SSSR count). The Morgan fingerprint density at radius 3 is 2.52 bits per heavy atom. The number of aliphatic hydroxyl groups is 2. The van der Waals surface area contributed by atoms with Crippen LogP contribution in [-0.2, 0) is 9.59 Å². The van der Waals surface area contributed by atoms with E-state index in [0.717, 1.165) is 25.7 Å². The molecule has 0 amide bonds. The Labute approximate surface area is 150 Å². The van der Waals surface area contributed by atoms with Gasteiger partial charge < -0.3 is 10.2 Å². The van der Waals surface area contributed by atoms with E-state index in [1.54, 1.807) is 6.92 Å². The van der Waals surface area contributed by atoms with Gasteiger partial charge in [-0.2, -0.15) is 0 Å². The number of hydrogen-bond acceptors (Lipinski definition) is 4. The second-order valence-electron chi connectivity index (χ2n) is 9.97. The molecule has 0 heterocycles. The molecule has 2 N–H and O–H groups in total. The standard InChI is InChI=1S/C21H32O4/c1-12(22)21(25)9-7-16-15-5-4-13-10-14(23)6-8-19(13,2)18(15)17(24)11-20(16,21)3/h12-13,15-16,18,22,25H,4-11H2,1-3H3/t12?,13?,15-,16-,18+,19-,20-,21-/m0/s1. The second kappa shape index (κ2) is 5.39. The molecule has 4 saturated carbocycles. The van der Waals surface area contributed by atoms with Crippen molar-refractivity contribution in [3.05, 3.63) is 0 Å². The normalized spacial score (nSPS) is 53.8. The Morgan fingerprint density at radius 2 is 1.84 bits per heavy atom. The summed E-state index contributed by atoms with van der Waals surface area (Å²) in [5.74, 6) is 1.61. The van der Waals surface area contributed by atoms with E-state index in [2.05, 4.69) is 6.92 Å². The van der Waals surface area contributed by atoms with E-state index in [-0.39, 0.29) is 17.1 Å². The number of carbonyl (C=O) groups is 2. The number of carbonyl (C=O) groups excluding carboxylic acids is 2. The molecule has 4 aliphatic rings. The van der Waals surface area contributed by atoms with Gasteiger partial charge in [0.15, 0.2) is 0 Å². The zero-order chi connectivity index (χ0) is 18.2. The van der Waals surface area contributed by atoms with Gasteiger partial charge in [-0.1, -0.05) is 13.8 Å². The summed E-state index contributed by atoms with van der Waals surface area (Å²) in [4.78, 5) is 25.3. The van der Waals surface area contributed by atoms with Crippen molar-refractivity contribution < 1.29 is 19.8 Å². The fourth-order valence-electron chi connectivity index (χ4n) is 7.58. The molecule has 4 heteroatoms. The molecule has 4 nitrogen and oxygen atoms in total. The van der Waals surface area contributed by atoms with Gasteiger partial charge in [-0.15, -0.1) is 0 Å². The Bertz CT molecular complexity index is 613. The van der Waals surface area contributed by atoms with E-state index in [9.17, 15) is 19.8 Å². The lowest BCUT2D eigenvalue weighted by Gasteiger charge is -2.60. The minimum Gasteiger partial charge on any atom is -0.390 e. The molecule has 0 radical (unpaired) electrons. The van der Waals surface area contributed by atoms with Gasteiger partial charge in [-0.25, -0.2) is 0 Å². The monoisotopic (exact) mass is 348 g/mol. The van der Waals surface area contributed by atoms with E-state index in [1.165, 1.54) is 0 Å². The molecule has 0 aromatic carbocycles. The van der Waals surface area contributed by atoms with Crippen LogP contribution < -0.4 is 0 Å². The first-order chi connectivity index (χ1) is 11.6. The summed E-state index contributed by atoms with van der Waals surface area (Å²) in [6.07, 6.45) is 5.15. The van der Waals surface area contributed by atoms with Crippen LogP contribution in [0.15, 0.2) is 0 Å². The lowest BCUT2D eigenvalue weighted by Crippen LogP contribution is -2.62. The molecule has 4 aliphatic carbocycles. The highest BCUT2D eigenvalue weighted by molar-refractivity contribution is 5.86. The summed E-state index contributed by atoms with van der Waals surface area (Å²) in [6.45, 7) is 5.94. The van der Waals surface area contributed by atoms with Crippen molar-refractivity contribution in [1.82, 2.24) is 0 Å². The Morgan fingerprint density at radius 1 is 1.12 bits per heavy atom. The Hall–Kier alpha value is -0.740. The van der Waals surface area contributed by atoms with Crippen LogP contribution in [0.2, 0.25) is 0 Å². The largest absolute Gasteiger partial charge is 0.390 e. The van der Waals surface area contributed by atoms with Gasteiger partial charge in [-0.3, -0.25) is 9.59 Å². The maximum absolute atomic E-state index is 13.4. The van der Waals surface area contributed by atoms with Crippen LogP contribution in [0.25, 0.3) is 0 Å². The highest BCUT2D eigenvalue weighted by Gasteiger charge is 2.68. The summed E-state index contributed by atoms with van der Waals surface area (Å²) in [5.41, 5.74) is -1.73. The van der Waals surface area contributed by atoms with Crippen LogP contribution in [0, 0.1) is 34.5 Å². The zero-order valence-corrected chi connectivity index (χ0v) is 15.8. The van der Waals surface area contributed by atoms with Crippen LogP contribution in [0.4, 0.5) is 0 Å². The second-order valence-corrected chi connectivity index (χ2v) is 9.97. The maximum atomic E-state index is 13.4. The molecule has 0 bridgehead atoms. The van der Waals surface area contributed by atoms with Crippen molar-refractivity contribution in [1.29, 1.82) is 0 Å². The van der Waals surface area contributed by atoms with Crippen LogP contribution >= 0.6 is 0 Å². The molecule has 2 unspecified atom stereocenters. The van der Waals surface area contributed by atoms with Crippen molar-refractivity contribution in [3.8, 4) is 0 Å². The average Bonchev–Trinajstić information content (AvgIpc) is 2.80. The van der Waals surface area contributed by atoms with E-state index in [4.69, 9.17) is 0 Å². The quantitative estimate of drug-likeness (QED) is 0.764. The zero-order valence-electron chi connectivity index (χ0n) is 15.8. The number of rotatable bonds is 1. The lowest BCUT2D eigenvalue weighted by atomic mass is 9.44. The predicted molar refractivity (Wildman–Crippen MR) is 93.8 cm³/mol. The molecule has 25 heavy (non-hydrogen) atoms. The van der Waals surface area contributed by atoms with E-state index in [0.29, 0.717) is 49.2 Å². The average molecular weight is 348 g/mol. The molecular weight excluding hydrogens is 316 g/mol. The highest BCUT2D eigenvalue weighted by Crippen LogP contribution is 2.67. The molecule has 8 atom stereocenters. The van der Waals surface area contributed by atoms with Gasteiger partial charge in [0.25, 0.3) is 0 Å². The van der Waals surface area contributed by atoms with Crippen LogP contribution in [0.1, 0.15) is 72.1 Å². The number of ketones is 2. The Kier molecular flexibility index (Phi) is 3.81. The Balaban J connectivity index is 1.71. The summed E-state index contributed by atoms with van der Waals surface area (Å²) in [5, 5.41) is 21.5. The summed E-state index contributed by atoms with van der Waals surface area (Å²) < 4.78 is 0. The fraction of sp³-hybridized carbons (Fsp3) is 0.905. The highest BCUT2D eigenvalue weighted by atomic mass is 16.3. The minimum absolute atomic E-state index is 0.0359. The van der Waals surface area contributed by atoms with Gasteiger partial charge in [0, 0.05) is 30.6 Å². The van der Waals surface area contributed by atoms with E-state index >= 15 is 0 Å². The molecule has 0 aromatic rings. The predicted octanol–water partition coefficient (Wildman–Crippen LogP) is 2.89. The van der Waals surface area contributed by atoms with Crippen molar-refractivity contribution in [3.63, 3.8) is 0 Å². The first-order valence-electron chi connectivity index (χ1n) is 10.1. The van der Waals surface area contributed by atoms with Crippen molar-refractivity contribution >= 4 is 11.6 Å². The molecule has 0 aromatic heterocycles. The van der Waals surface area contributed by atoms with Crippen LogP contribution in [-0.4, -0.2) is 33.5 Å². The van der Waals surface area contributed by atoms with Crippen LogP contribution in [0.5, 0.6) is 0 Å². The molecule has 0 spiro atoms. The summed E-state index contributed by atoms with van der Waals surface area (Å²) >= 11 is 0. The van der Waals surface area contributed by atoms with Gasteiger partial charge in [0.1, 0.15) is 11.6 Å². The summed E-state index contributed by atoms with van der Waals surface area (Å²) in [6, 6.07) is 0. The topological polar surface area (TPSA) is 74.6 Å². The minimum atomic E-state index is -1.15. The fourth-order valence-corrected chi connectivity index (χ4v) is 7.58. The molecule has 0 aliphatic heterocycles. The van der Waals surface area contributed by atoms with Gasteiger partial charge in [0.2, 0.25) is 0 Å². The number of Topliss-reactive ketones (excluding diaryl/α,β-unsaturated/α-hetero) is 2. The van der Waals surface area contributed by atoms with Gasteiger partial charge >= 0.3 is 0 Å². The number of hydrogen-bond donors (Lipinski definition) is 2. The van der Waals surface area contributed by atoms with Crippen molar-refractivity contribution in [2.24, 2.45) is 34.5 Å². The maximum Gasteiger partial charge on any atom is 0.137 e. The SMILES string of the molecule is CC(O)[C@@]1(O)CC[C@H]2[C@@H]3CCC4CC(=O)CC[C@]4(C)[C@H]3C(=O)C[C@@]21C. The lowest BCUT2D eigenvalue weighted by molar-refractivity contribution is -0.188. The number of fused-ring (bicyclic) bond motifs is 5. The molecule has 0 saturated heterocycles. The number of aliphatic hydroxyl groups excluding tert-OH is 1. The molecule has 4 fully saturated rings. The molecular formula is C21H32O4. The van der Waals surface area contributed by atoms with Crippen LogP contribution in [0.3, 0.4) is 0 Å². The van der Waals surface area contributed by atoms with Gasteiger partial charge in [0.05, 0.1) is 11.7 Å². The van der Waals surface area contributed by atoms with Crippen molar-refractivity contribution in [2.45, 2.75) is 83.8 Å². The van der Waals surface area contributed by atoms with E-state index in [1.807, 2.05) is 6.92 Å². The molecule has 140 valence electrons. The van der Waals surface area contributed by atoms with Gasteiger partial charge in [-0.05, 0) is 62.2 Å². The first-order valence-corrected chi connectivity index (χ1v) is 10.1. The summed E-state index contributed by atoms with van der Waals surface area (Å²) in [7, 11) is 0. The van der Waals surface area contributed by atoms with Crippen molar-refractivity contribution in [2.75, 3.05) is 0 Å². The smallest absolute Gasteiger partial charge is 0.137 e. The third-order valence-electron chi connectivity index (χ3n) is 9.08. The first kappa shape index (κ1) is 17.7. The van der Waals surface area contributed by atoms with E-state index < -0.39 is 17.1 Å². The third-order valence-corrected chi connectivity index (χ3v) is 9.08. The third kappa shape index (κ3) is 2.13.